The highest BCUT2D eigenvalue weighted by Crippen LogP contribution is 2.16. The molecule has 1 aromatic heterocycles. The summed E-state index contributed by atoms with van der Waals surface area (Å²) in [7, 11) is 0. The van der Waals surface area contributed by atoms with Gasteiger partial charge in [0.05, 0.1) is 0 Å². The molecule has 1 aromatic rings. The number of aryl methyl sites for hydroxylation is 2. The van der Waals surface area contributed by atoms with E-state index >= 15 is 0 Å². The van der Waals surface area contributed by atoms with Gasteiger partial charge >= 0.3 is 0 Å². The average molecular weight is 305 g/mol. The number of hydrogen-bond donors (Lipinski definition) is 2. The Balaban J connectivity index is 1.90. The molecule has 1 aliphatic heterocycles. The van der Waals surface area contributed by atoms with Crippen LogP contribution in [0, 0.1) is 25.7 Å². The van der Waals surface area contributed by atoms with Gasteiger partial charge in [0.25, 0.3) is 11.5 Å². The van der Waals surface area contributed by atoms with Gasteiger partial charge in [-0.05, 0) is 50.3 Å². The zero-order valence-electron chi connectivity index (χ0n) is 14.0. The molecule has 0 saturated carbocycles. The molecule has 0 spiro atoms. The van der Waals surface area contributed by atoms with Crippen LogP contribution in [-0.2, 0) is 0 Å². The lowest BCUT2D eigenvalue weighted by Gasteiger charge is -2.18. The van der Waals surface area contributed by atoms with E-state index in [9.17, 15) is 9.59 Å². The van der Waals surface area contributed by atoms with Gasteiger partial charge in [-0.3, -0.25) is 9.59 Å². The van der Waals surface area contributed by atoms with Crippen molar-refractivity contribution < 1.29 is 4.79 Å². The lowest BCUT2D eigenvalue weighted by atomic mass is 10.1. The predicted molar refractivity (Wildman–Crippen MR) is 88.3 cm³/mol. The van der Waals surface area contributed by atoms with Gasteiger partial charge in [-0.1, -0.05) is 13.8 Å². The minimum absolute atomic E-state index is 0.239. The van der Waals surface area contributed by atoms with E-state index in [-0.39, 0.29) is 17.0 Å². The summed E-state index contributed by atoms with van der Waals surface area (Å²) < 4.78 is 0. The molecule has 5 nitrogen and oxygen atoms in total. The Kier molecular flexibility index (Phi) is 5.40. The van der Waals surface area contributed by atoms with E-state index in [1.165, 1.54) is 0 Å². The molecule has 1 saturated heterocycles. The molecule has 0 aromatic carbocycles. The number of pyridine rings is 1. The monoisotopic (exact) mass is 305 g/mol. The maximum Gasteiger partial charge on any atom is 0.261 e. The molecule has 0 unspecified atom stereocenters. The molecule has 0 radical (unpaired) electrons. The molecule has 2 rings (SSSR count). The van der Waals surface area contributed by atoms with Crippen LogP contribution in [0.25, 0.3) is 0 Å². The first-order valence-electron chi connectivity index (χ1n) is 8.08. The number of hydrogen-bond acceptors (Lipinski definition) is 3. The third-order valence-electron chi connectivity index (χ3n) is 4.14. The minimum Gasteiger partial charge on any atom is -0.352 e. The largest absolute Gasteiger partial charge is 0.352 e. The lowest BCUT2D eigenvalue weighted by Crippen LogP contribution is -2.35. The van der Waals surface area contributed by atoms with Gasteiger partial charge in [0.1, 0.15) is 5.56 Å². The maximum absolute atomic E-state index is 12.3. The van der Waals surface area contributed by atoms with Crippen LogP contribution >= 0.6 is 0 Å². The van der Waals surface area contributed by atoms with Crippen molar-refractivity contribution in [2.75, 3.05) is 26.2 Å². The van der Waals surface area contributed by atoms with E-state index in [0.29, 0.717) is 18.4 Å². The molecule has 1 amide bonds. The number of nitrogens with one attached hydrogen (secondary N) is 2. The van der Waals surface area contributed by atoms with Crippen molar-refractivity contribution in [3.05, 3.63) is 33.2 Å². The van der Waals surface area contributed by atoms with Crippen molar-refractivity contribution in [2.45, 2.75) is 34.1 Å². The molecule has 0 bridgehead atoms. The number of H-pyrrole nitrogens is 1. The second-order valence-electron chi connectivity index (χ2n) is 6.86. The SMILES string of the molecule is Cc1cc(C)c(C(=O)NC[C@@H]2CCN(CC(C)C)C2)c(=O)[nH]1. The van der Waals surface area contributed by atoms with E-state index in [1.807, 2.05) is 13.0 Å². The minimum atomic E-state index is -0.303. The normalized spacial score (nSPS) is 18.9. The summed E-state index contributed by atoms with van der Waals surface area (Å²) in [5.74, 6) is 0.885. The number of likely N-dealkylation sites (tertiary alicyclic amines) is 1. The Morgan fingerprint density at radius 1 is 1.45 bits per heavy atom. The number of amides is 1. The predicted octanol–water partition coefficient (Wildman–Crippen LogP) is 1.70. The van der Waals surface area contributed by atoms with Crippen LogP contribution in [0.3, 0.4) is 0 Å². The third-order valence-corrected chi connectivity index (χ3v) is 4.14. The Morgan fingerprint density at radius 3 is 2.82 bits per heavy atom. The quantitative estimate of drug-likeness (QED) is 0.870. The first kappa shape index (κ1) is 16.7. The molecule has 5 heteroatoms. The van der Waals surface area contributed by atoms with Crippen molar-refractivity contribution >= 4 is 5.91 Å². The number of carbonyl (C=O) groups is 1. The van der Waals surface area contributed by atoms with Crippen LogP contribution in [0.5, 0.6) is 0 Å². The third kappa shape index (κ3) is 4.19. The first-order valence-corrected chi connectivity index (χ1v) is 8.08. The van der Waals surface area contributed by atoms with Gasteiger partial charge in [-0.15, -0.1) is 0 Å². The van der Waals surface area contributed by atoms with Gasteiger partial charge in [0.15, 0.2) is 0 Å². The number of nitrogens with zero attached hydrogens (tertiary/aromatic N) is 1. The van der Waals surface area contributed by atoms with E-state index in [0.717, 1.165) is 37.3 Å². The molecule has 1 fully saturated rings. The Morgan fingerprint density at radius 2 is 2.18 bits per heavy atom. The van der Waals surface area contributed by atoms with Crippen molar-refractivity contribution in [2.24, 2.45) is 11.8 Å². The molecule has 1 aliphatic rings. The van der Waals surface area contributed by atoms with Crippen molar-refractivity contribution in [1.82, 2.24) is 15.2 Å². The van der Waals surface area contributed by atoms with Crippen LogP contribution in [0.2, 0.25) is 0 Å². The average Bonchev–Trinajstić information content (AvgIpc) is 2.81. The highest BCUT2D eigenvalue weighted by molar-refractivity contribution is 5.95. The fourth-order valence-electron chi connectivity index (χ4n) is 3.22. The van der Waals surface area contributed by atoms with Crippen molar-refractivity contribution in [3.63, 3.8) is 0 Å². The number of rotatable bonds is 5. The molecule has 0 aliphatic carbocycles. The number of aromatic amines is 1. The summed E-state index contributed by atoms with van der Waals surface area (Å²) in [5.41, 5.74) is 1.44. The summed E-state index contributed by atoms with van der Waals surface area (Å²) in [4.78, 5) is 29.4. The van der Waals surface area contributed by atoms with Gasteiger partial charge in [-0.2, -0.15) is 0 Å². The van der Waals surface area contributed by atoms with E-state index in [2.05, 4.69) is 29.0 Å². The van der Waals surface area contributed by atoms with Crippen molar-refractivity contribution in [3.8, 4) is 0 Å². The van der Waals surface area contributed by atoms with Gasteiger partial charge in [0.2, 0.25) is 0 Å². The van der Waals surface area contributed by atoms with Crippen molar-refractivity contribution in [1.29, 1.82) is 0 Å². The second kappa shape index (κ2) is 7.09. The highest BCUT2D eigenvalue weighted by atomic mass is 16.2. The molecule has 122 valence electrons. The molecule has 2 heterocycles. The van der Waals surface area contributed by atoms with Crippen LogP contribution in [0.1, 0.15) is 41.9 Å². The Labute approximate surface area is 132 Å². The van der Waals surface area contributed by atoms with Crippen LogP contribution in [0.4, 0.5) is 0 Å². The molecule has 1 atom stereocenters. The Hall–Kier alpha value is -1.62. The molecular weight excluding hydrogens is 278 g/mol. The molecular formula is C17H27N3O2. The zero-order chi connectivity index (χ0) is 16.3. The number of aromatic nitrogens is 1. The summed E-state index contributed by atoms with van der Waals surface area (Å²) >= 11 is 0. The smallest absolute Gasteiger partial charge is 0.261 e. The summed E-state index contributed by atoms with van der Waals surface area (Å²) in [6, 6.07) is 1.83. The van der Waals surface area contributed by atoms with E-state index in [4.69, 9.17) is 0 Å². The molecule has 2 N–H and O–H groups in total. The van der Waals surface area contributed by atoms with Gasteiger partial charge in [-0.25, -0.2) is 0 Å². The van der Waals surface area contributed by atoms with Crippen LogP contribution in [-0.4, -0.2) is 42.0 Å². The molecule has 22 heavy (non-hydrogen) atoms. The van der Waals surface area contributed by atoms with Gasteiger partial charge in [0, 0.05) is 25.3 Å². The van der Waals surface area contributed by atoms with Crippen LogP contribution in [0.15, 0.2) is 10.9 Å². The zero-order valence-corrected chi connectivity index (χ0v) is 14.0. The Bertz CT molecular complexity index is 592. The number of carbonyl (C=O) groups excluding carboxylic acids is 1. The standard InChI is InChI=1S/C17H27N3O2/c1-11(2)9-20-6-5-14(10-20)8-18-16(21)15-12(3)7-13(4)19-17(15)22/h7,11,14H,5-6,8-10H2,1-4H3,(H,18,21)(H,19,22)/t14-/m0/s1. The van der Waals surface area contributed by atoms with E-state index in [1.54, 1.807) is 6.92 Å². The highest BCUT2D eigenvalue weighted by Gasteiger charge is 2.24. The van der Waals surface area contributed by atoms with Crippen LogP contribution < -0.4 is 10.9 Å². The fraction of sp³-hybridized carbons (Fsp3) is 0.647. The second-order valence-corrected chi connectivity index (χ2v) is 6.86. The summed E-state index contributed by atoms with van der Waals surface area (Å²) in [5, 5.41) is 2.93. The lowest BCUT2D eigenvalue weighted by molar-refractivity contribution is 0.0945. The maximum atomic E-state index is 12.3. The first-order chi connectivity index (χ1) is 10.4. The summed E-state index contributed by atoms with van der Waals surface area (Å²) in [6.07, 6.45) is 1.11. The summed E-state index contributed by atoms with van der Waals surface area (Å²) in [6.45, 7) is 11.9. The van der Waals surface area contributed by atoms with Gasteiger partial charge < -0.3 is 15.2 Å². The topological polar surface area (TPSA) is 65.2 Å². The van der Waals surface area contributed by atoms with E-state index < -0.39 is 0 Å². The fourth-order valence-corrected chi connectivity index (χ4v) is 3.22.